The number of aromatic amines is 1. The molecule has 9 heteroatoms. The topological polar surface area (TPSA) is 67.3 Å². The molecule has 0 spiro atoms. The van der Waals surface area contributed by atoms with Gasteiger partial charge in [-0.1, -0.05) is 17.7 Å². The molecule has 23 heavy (non-hydrogen) atoms. The van der Waals surface area contributed by atoms with Gasteiger partial charge >= 0.3 is 6.18 Å². The minimum Gasteiger partial charge on any atom is -0.262 e. The Kier molecular flexibility index (Phi) is 3.99. The average molecular weight is 340 g/mol. The van der Waals surface area contributed by atoms with Gasteiger partial charge in [0.2, 0.25) is 0 Å². The van der Waals surface area contributed by atoms with Crippen molar-refractivity contribution in [3.8, 4) is 0 Å². The number of hydrogen-bond donors (Lipinski definition) is 1. The van der Waals surface area contributed by atoms with Crippen LogP contribution in [0.2, 0.25) is 5.02 Å². The van der Waals surface area contributed by atoms with Crippen molar-refractivity contribution in [2.24, 2.45) is 0 Å². The van der Waals surface area contributed by atoms with Crippen LogP contribution in [-0.4, -0.2) is 25.1 Å². The first kappa shape index (κ1) is 15.4. The average Bonchev–Trinajstić information content (AvgIpc) is 3.03. The highest BCUT2D eigenvalue weighted by atomic mass is 35.5. The van der Waals surface area contributed by atoms with E-state index in [9.17, 15) is 13.2 Å². The van der Waals surface area contributed by atoms with E-state index >= 15 is 0 Å². The van der Waals surface area contributed by atoms with Crippen molar-refractivity contribution in [1.29, 1.82) is 0 Å². The van der Waals surface area contributed by atoms with Crippen LogP contribution in [0.4, 0.5) is 13.2 Å². The third-order valence-electron chi connectivity index (χ3n) is 3.16. The van der Waals surface area contributed by atoms with Crippen molar-refractivity contribution in [3.05, 3.63) is 70.8 Å². The first-order valence-electron chi connectivity index (χ1n) is 6.45. The van der Waals surface area contributed by atoms with Crippen molar-refractivity contribution >= 4 is 11.6 Å². The Hall–Kier alpha value is -2.48. The quantitative estimate of drug-likeness (QED) is 0.793. The Morgan fingerprint density at radius 1 is 1.13 bits per heavy atom. The first-order valence-corrected chi connectivity index (χ1v) is 6.83. The van der Waals surface area contributed by atoms with E-state index in [-0.39, 0.29) is 10.7 Å². The van der Waals surface area contributed by atoms with Crippen LogP contribution in [0, 0.1) is 0 Å². The summed E-state index contributed by atoms with van der Waals surface area (Å²) in [6.45, 7) is 0. The maximum absolute atomic E-state index is 12.8. The number of nitrogens with one attached hydrogen (secondary N) is 1. The van der Waals surface area contributed by atoms with Crippen LogP contribution < -0.4 is 0 Å². The van der Waals surface area contributed by atoms with Crippen LogP contribution in [0.25, 0.3) is 0 Å². The normalized spacial score (nSPS) is 13.0. The molecule has 0 aromatic carbocycles. The van der Waals surface area contributed by atoms with Gasteiger partial charge in [-0.15, -0.1) is 0 Å². The zero-order valence-corrected chi connectivity index (χ0v) is 12.2. The van der Waals surface area contributed by atoms with Gasteiger partial charge in [0.1, 0.15) is 18.1 Å². The molecule has 118 valence electrons. The van der Waals surface area contributed by atoms with Gasteiger partial charge < -0.3 is 0 Å². The van der Waals surface area contributed by atoms with Gasteiger partial charge in [0.05, 0.1) is 22.0 Å². The zero-order valence-electron chi connectivity index (χ0n) is 11.4. The number of halogens is 4. The summed E-state index contributed by atoms with van der Waals surface area (Å²) in [5.74, 6) is -0.258. The molecule has 3 rings (SSSR count). The van der Waals surface area contributed by atoms with Gasteiger partial charge in [0.15, 0.2) is 0 Å². The number of alkyl halides is 3. The molecular formula is C14H9ClF3N5. The number of hydrogen-bond acceptors (Lipinski definition) is 4. The summed E-state index contributed by atoms with van der Waals surface area (Å²) >= 11 is 6.04. The standard InChI is InChI=1S/C14H9ClF3N5/c15-9-5-8(14(16,17)18)6-20-12(9)11(13-21-7-22-23-13)10-3-1-2-4-19-10/h1-7,11H,(H,21,22,23)/t11-/m0/s1. The monoisotopic (exact) mass is 339 g/mol. The van der Waals surface area contributed by atoms with Crippen molar-refractivity contribution in [3.63, 3.8) is 0 Å². The van der Waals surface area contributed by atoms with E-state index in [1.165, 1.54) is 6.33 Å². The van der Waals surface area contributed by atoms with Gasteiger partial charge in [-0.3, -0.25) is 15.1 Å². The predicted octanol–water partition coefficient (Wildman–Crippen LogP) is 3.45. The highest BCUT2D eigenvalue weighted by Gasteiger charge is 2.33. The zero-order chi connectivity index (χ0) is 16.4. The number of rotatable bonds is 3. The van der Waals surface area contributed by atoms with E-state index in [1.807, 2.05) is 0 Å². The molecule has 0 amide bonds. The largest absolute Gasteiger partial charge is 0.417 e. The molecule has 5 nitrogen and oxygen atoms in total. The van der Waals surface area contributed by atoms with Crippen LogP contribution in [0.5, 0.6) is 0 Å². The molecule has 1 N–H and O–H groups in total. The molecule has 0 unspecified atom stereocenters. The van der Waals surface area contributed by atoms with Crippen molar-refractivity contribution in [2.75, 3.05) is 0 Å². The molecule has 0 fully saturated rings. The second kappa shape index (κ2) is 5.96. The first-order chi connectivity index (χ1) is 11.0. The molecular weight excluding hydrogens is 331 g/mol. The second-order valence-electron chi connectivity index (χ2n) is 4.65. The van der Waals surface area contributed by atoms with Gasteiger partial charge in [-0.05, 0) is 18.2 Å². The molecule has 3 heterocycles. The highest BCUT2D eigenvalue weighted by molar-refractivity contribution is 6.31. The fourth-order valence-corrected chi connectivity index (χ4v) is 2.40. The number of H-pyrrole nitrogens is 1. The predicted molar refractivity (Wildman–Crippen MR) is 75.8 cm³/mol. The van der Waals surface area contributed by atoms with Crippen LogP contribution in [-0.2, 0) is 6.18 Å². The van der Waals surface area contributed by atoms with Gasteiger partial charge in [-0.25, -0.2) is 4.98 Å². The third kappa shape index (κ3) is 3.16. The molecule has 0 bridgehead atoms. The second-order valence-corrected chi connectivity index (χ2v) is 5.05. The van der Waals surface area contributed by atoms with Crippen LogP contribution >= 0.6 is 11.6 Å². The van der Waals surface area contributed by atoms with E-state index in [0.29, 0.717) is 11.5 Å². The Balaban J connectivity index is 2.12. The van der Waals surface area contributed by atoms with E-state index in [0.717, 1.165) is 12.3 Å². The third-order valence-corrected chi connectivity index (χ3v) is 3.46. The maximum atomic E-state index is 12.8. The SMILES string of the molecule is FC(F)(F)c1cnc([C@H](c2ccccn2)c2ncn[nH]2)c(Cl)c1. The van der Waals surface area contributed by atoms with E-state index in [1.54, 1.807) is 24.4 Å². The number of nitrogens with zero attached hydrogens (tertiary/aromatic N) is 4. The Morgan fingerprint density at radius 2 is 1.96 bits per heavy atom. The fraction of sp³-hybridized carbons (Fsp3) is 0.143. The van der Waals surface area contributed by atoms with E-state index < -0.39 is 17.7 Å². The van der Waals surface area contributed by atoms with Gasteiger partial charge in [-0.2, -0.15) is 18.3 Å². The molecule has 0 aliphatic carbocycles. The summed E-state index contributed by atoms with van der Waals surface area (Å²) in [5.41, 5.74) is -0.155. The summed E-state index contributed by atoms with van der Waals surface area (Å²) in [6.07, 6.45) is -0.907. The lowest BCUT2D eigenvalue weighted by Crippen LogP contribution is -2.12. The summed E-state index contributed by atoms with van der Waals surface area (Å²) in [7, 11) is 0. The Labute approximate surface area is 133 Å². The minimum atomic E-state index is -4.51. The maximum Gasteiger partial charge on any atom is 0.417 e. The van der Waals surface area contributed by atoms with E-state index in [4.69, 9.17) is 11.6 Å². The summed E-state index contributed by atoms with van der Waals surface area (Å²) in [6, 6.07) is 6.03. The molecule has 0 saturated heterocycles. The van der Waals surface area contributed by atoms with Crippen molar-refractivity contribution < 1.29 is 13.2 Å². The lowest BCUT2D eigenvalue weighted by Gasteiger charge is -2.16. The summed E-state index contributed by atoms with van der Waals surface area (Å²) < 4.78 is 38.3. The lowest BCUT2D eigenvalue weighted by atomic mass is 9.98. The van der Waals surface area contributed by atoms with Crippen molar-refractivity contribution in [1.82, 2.24) is 25.1 Å². The Morgan fingerprint density at radius 3 is 2.52 bits per heavy atom. The van der Waals surface area contributed by atoms with Crippen LogP contribution in [0.3, 0.4) is 0 Å². The van der Waals surface area contributed by atoms with Gasteiger partial charge in [0.25, 0.3) is 0 Å². The van der Waals surface area contributed by atoms with Crippen LogP contribution in [0.1, 0.15) is 28.7 Å². The number of aromatic nitrogens is 5. The van der Waals surface area contributed by atoms with E-state index in [2.05, 4.69) is 25.1 Å². The molecule has 0 saturated carbocycles. The highest BCUT2D eigenvalue weighted by Crippen LogP contribution is 2.35. The molecule has 0 aliphatic heterocycles. The molecule has 3 aromatic heterocycles. The Bertz CT molecular complexity index is 790. The molecule has 1 atom stereocenters. The van der Waals surface area contributed by atoms with Crippen molar-refractivity contribution in [2.45, 2.75) is 12.1 Å². The fourth-order valence-electron chi connectivity index (χ4n) is 2.13. The molecule has 0 aliphatic rings. The van der Waals surface area contributed by atoms with Gasteiger partial charge in [0, 0.05) is 12.4 Å². The summed E-state index contributed by atoms with van der Waals surface area (Å²) in [5, 5.41) is 6.33. The smallest absolute Gasteiger partial charge is 0.262 e. The lowest BCUT2D eigenvalue weighted by molar-refractivity contribution is -0.137. The molecule has 3 aromatic rings. The van der Waals surface area contributed by atoms with Crippen LogP contribution in [0.15, 0.2) is 43.0 Å². The summed E-state index contributed by atoms with van der Waals surface area (Å²) in [4.78, 5) is 12.2. The number of pyridine rings is 2. The molecule has 0 radical (unpaired) electrons. The minimum absolute atomic E-state index is 0.119.